The molecular formula is C10H18FN3. The lowest BCUT2D eigenvalue weighted by atomic mass is 10.3. The standard InChI is InChI=1S/C8H12N2.C2H6FN/c1-10(2)8-5-3-4-7(9)6-8;3-1-2-4/h3-6H,9H2,1-2H3;1-2,4H2. The molecule has 0 bridgehead atoms. The average molecular weight is 199 g/mol. The van der Waals surface area contributed by atoms with E-state index in [2.05, 4.69) is 5.73 Å². The summed E-state index contributed by atoms with van der Waals surface area (Å²) in [5.41, 5.74) is 12.2. The predicted molar refractivity (Wildman–Crippen MR) is 60.2 cm³/mol. The summed E-state index contributed by atoms with van der Waals surface area (Å²) in [4.78, 5) is 2.02. The van der Waals surface area contributed by atoms with Gasteiger partial charge in [0.2, 0.25) is 0 Å². The molecule has 0 fully saturated rings. The third-order valence-electron chi connectivity index (χ3n) is 1.50. The van der Waals surface area contributed by atoms with E-state index in [1.807, 2.05) is 43.3 Å². The topological polar surface area (TPSA) is 55.3 Å². The maximum Gasteiger partial charge on any atom is 0.102 e. The molecule has 0 unspecified atom stereocenters. The largest absolute Gasteiger partial charge is 0.399 e. The second-order valence-electron chi connectivity index (χ2n) is 2.97. The average Bonchev–Trinajstić information content (AvgIpc) is 2.18. The number of nitrogen functional groups attached to an aromatic ring is 1. The van der Waals surface area contributed by atoms with E-state index in [1.165, 1.54) is 0 Å². The highest BCUT2D eigenvalue weighted by Crippen LogP contribution is 2.13. The Hall–Kier alpha value is -1.29. The number of alkyl halides is 1. The monoisotopic (exact) mass is 199 g/mol. The van der Waals surface area contributed by atoms with E-state index in [0.29, 0.717) is 0 Å². The number of nitrogens with zero attached hydrogens (tertiary/aromatic N) is 1. The van der Waals surface area contributed by atoms with Crippen molar-refractivity contribution in [2.45, 2.75) is 0 Å². The zero-order chi connectivity index (χ0) is 11.0. The third kappa shape index (κ3) is 5.37. The Morgan fingerprint density at radius 3 is 2.21 bits per heavy atom. The van der Waals surface area contributed by atoms with E-state index in [9.17, 15) is 4.39 Å². The second kappa shape index (κ2) is 7.15. The Kier molecular flexibility index (Phi) is 6.49. The van der Waals surface area contributed by atoms with Crippen molar-refractivity contribution in [3.8, 4) is 0 Å². The number of anilines is 2. The quantitative estimate of drug-likeness (QED) is 0.705. The van der Waals surface area contributed by atoms with Crippen LogP contribution < -0.4 is 16.4 Å². The van der Waals surface area contributed by atoms with Crippen molar-refractivity contribution in [3.63, 3.8) is 0 Å². The first-order chi connectivity index (χ1) is 6.61. The lowest BCUT2D eigenvalue weighted by Gasteiger charge is -2.11. The molecule has 4 heteroatoms. The summed E-state index contributed by atoms with van der Waals surface area (Å²) in [6.07, 6.45) is 0. The van der Waals surface area contributed by atoms with Gasteiger partial charge in [0.25, 0.3) is 0 Å². The molecule has 0 saturated heterocycles. The van der Waals surface area contributed by atoms with Crippen LogP contribution in [0.5, 0.6) is 0 Å². The summed E-state index contributed by atoms with van der Waals surface area (Å²) in [6.45, 7) is -0.250. The second-order valence-corrected chi connectivity index (χ2v) is 2.97. The van der Waals surface area contributed by atoms with E-state index < -0.39 is 6.67 Å². The zero-order valence-corrected chi connectivity index (χ0v) is 8.70. The summed E-state index contributed by atoms with van der Waals surface area (Å²) < 4.78 is 10.6. The molecule has 0 aliphatic carbocycles. The van der Waals surface area contributed by atoms with Gasteiger partial charge in [0.15, 0.2) is 0 Å². The van der Waals surface area contributed by atoms with Crippen molar-refractivity contribution in [3.05, 3.63) is 24.3 Å². The maximum absolute atomic E-state index is 10.6. The summed E-state index contributed by atoms with van der Waals surface area (Å²) in [7, 11) is 3.99. The SMILES string of the molecule is CN(C)c1cccc(N)c1.NCCF. The Morgan fingerprint density at radius 1 is 1.36 bits per heavy atom. The summed E-state index contributed by atoms with van der Waals surface area (Å²) in [5.74, 6) is 0. The number of halogens is 1. The van der Waals surface area contributed by atoms with Gasteiger partial charge in [-0.3, -0.25) is 0 Å². The van der Waals surface area contributed by atoms with Crippen molar-refractivity contribution < 1.29 is 4.39 Å². The zero-order valence-electron chi connectivity index (χ0n) is 8.70. The number of nitrogens with two attached hydrogens (primary N) is 2. The van der Waals surface area contributed by atoms with Gasteiger partial charge in [-0.1, -0.05) is 6.07 Å². The maximum atomic E-state index is 10.6. The molecule has 80 valence electrons. The Morgan fingerprint density at radius 2 is 1.93 bits per heavy atom. The van der Waals surface area contributed by atoms with Crippen molar-refractivity contribution in [2.75, 3.05) is 37.9 Å². The molecule has 14 heavy (non-hydrogen) atoms. The van der Waals surface area contributed by atoms with Crippen LogP contribution in [-0.2, 0) is 0 Å². The normalized spacial score (nSPS) is 8.86. The molecule has 0 radical (unpaired) electrons. The molecule has 0 heterocycles. The van der Waals surface area contributed by atoms with Gasteiger partial charge in [0.1, 0.15) is 6.67 Å². The van der Waals surface area contributed by atoms with Crippen LogP contribution in [0.3, 0.4) is 0 Å². The number of hydrogen-bond donors (Lipinski definition) is 2. The molecule has 0 saturated carbocycles. The fourth-order valence-corrected chi connectivity index (χ4v) is 0.803. The number of benzene rings is 1. The summed E-state index contributed by atoms with van der Waals surface area (Å²) >= 11 is 0. The first-order valence-electron chi connectivity index (χ1n) is 4.40. The highest BCUT2D eigenvalue weighted by atomic mass is 19.1. The number of hydrogen-bond acceptors (Lipinski definition) is 3. The van der Waals surface area contributed by atoms with Crippen LogP contribution in [0.2, 0.25) is 0 Å². The smallest absolute Gasteiger partial charge is 0.102 e. The van der Waals surface area contributed by atoms with Gasteiger partial charge in [-0.25, -0.2) is 4.39 Å². The van der Waals surface area contributed by atoms with Crippen molar-refractivity contribution in [1.29, 1.82) is 0 Å². The van der Waals surface area contributed by atoms with Crippen LogP contribution >= 0.6 is 0 Å². The van der Waals surface area contributed by atoms with Gasteiger partial charge in [-0.15, -0.1) is 0 Å². The molecule has 1 aromatic carbocycles. The van der Waals surface area contributed by atoms with Gasteiger partial charge in [-0.2, -0.15) is 0 Å². The van der Waals surface area contributed by atoms with Crippen LogP contribution in [0.1, 0.15) is 0 Å². The first kappa shape index (κ1) is 12.7. The minimum absolute atomic E-state index is 0.153. The van der Waals surface area contributed by atoms with E-state index in [-0.39, 0.29) is 6.54 Å². The third-order valence-corrected chi connectivity index (χ3v) is 1.50. The molecule has 0 atom stereocenters. The lowest BCUT2D eigenvalue weighted by molar-refractivity contribution is 0.504. The Bertz CT molecular complexity index is 249. The van der Waals surface area contributed by atoms with Gasteiger partial charge < -0.3 is 16.4 Å². The van der Waals surface area contributed by atoms with Gasteiger partial charge >= 0.3 is 0 Å². The molecule has 0 aliphatic heterocycles. The fraction of sp³-hybridized carbons (Fsp3) is 0.400. The number of rotatable bonds is 2. The van der Waals surface area contributed by atoms with Crippen molar-refractivity contribution in [2.24, 2.45) is 5.73 Å². The van der Waals surface area contributed by atoms with Gasteiger partial charge in [0, 0.05) is 32.0 Å². The molecule has 0 aromatic heterocycles. The fourth-order valence-electron chi connectivity index (χ4n) is 0.803. The van der Waals surface area contributed by atoms with E-state index >= 15 is 0 Å². The molecule has 3 nitrogen and oxygen atoms in total. The molecule has 0 aliphatic rings. The van der Waals surface area contributed by atoms with Crippen LogP contribution in [0, 0.1) is 0 Å². The van der Waals surface area contributed by atoms with Gasteiger partial charge in [-0.05, 0) is 18.2 Å². The van der Waals surface area contributed by atoms with Crippen LogP contribution in [0.15, 0.2) is 24.3 Å². The first-order valence-corrected chi connectivity index (χ1v) is 4.40. The van der Waals surface area contributed by atoms with Crippen LogP contribution in [-0.4, -0.2) is 27.3 Å². The van der Waals surface area contributed by atoms with E-state index in [0.717, 1.165) is 11.4 Å². The summed E-state index contributed by atoms with van der Waals surface area (Å²) in [6, 6.07) is 7.80. The Labute approximate surface area is 84.5 Å². The minimum atomic E-state index is -0.403. The highest BCUT2D eigenvalue weighted by Gasteiger charge is 1.92. The molecular weight excluding hydrogens is 181 g/mol. The minimum Gasteiger partial charge on any atom is -0.399 e. The molecule has 1 rings (SSSR count). The van der Waals surface area contributed by atoms with Crippen LogP contribution in [0.4, 0.5) is 15.8 Å². The van der Waals surface area contributed by atoms with E-state index in [1.54, 1.807) is 0 Å². The molecule has 0 spiro atoms. The molecule has 0 amide bonds. The Balaban J connectivity index is 0.000000364. The molecule has 1 aromatic rings. The van der Waals surface area contributed by atoms with Crippen LogP contribution in [0.25, 0.3) is 0 Å². The highest BCUT2D eigenvalue weighted by molar-refractivity contribution is 5.54. The molecule has 4 N–H and O–H groups in total. The summed E-state index contributed by atoms with van der Waals surface area (Å²) in [5, 5.41) is 0. The predicted octanol–water partition coefficient (Wildman–Crippen LogP) is 1.25. The van der Waals surface area contributed by atoms with Crippen molar-refractivity contribution in [1.82, 2.24) is 0 Å². The van der Waals surface area contributed by atoms with Gasteiger partial charge in [0.05, 0.1) is 0 Å². The lowest BCUT2D eigenvalue weighted by Crippen LogP contribution is -2.08. The van der Waals surface area contributed by atoms with Crippen molar-refractivity contribution >= 4 is 11.4 Å². The van der Waals surface area contributed by atoms with E-state index in [4.69, 9.17) is 5.73 Å².